The Labute approximate surface area is 170 Å². The van der Waals surface area contributed by atoms with Crippen molar-refractivity contribution in [3.63, 3.8) is 0 Å². The highest BCUT2D eigenvalue weighted by Crippen LogP contribution is 2.35. The summed E-state index contributed by atoms with van der Waals surface area (Å²) in [6.45, 7) is 10.6. The minimum Gasteiger partial charge on any atom is -0.418 e. The number of nitrogens with zero attached hydrogens (tertiary/aromatic N) is 3. The van der Waals surface area contributed by atoms with E-state index in [-0.39, 0.29) is 5.89 Å². The molecule has 8 heteroatoms. The molecule has 0 fully saturated rings. The molecule has 3 aromatic rings. The van der Waals surface area contributed by atoms with Gasteiger partial charge in [0.25, 0.3) is 0 Å². The molecular weight excluding hydrogens is 432 g/mol. The third-order valence-electron chi connectivity index (χ3n) is 4.08. The van der Waals surface area contributed by atoms with Crippen molar-refractivity contribution in [1.29, 1.82) is 0 Å². The lowest BCUT2D eigenvalue weighted by Gasteiger charge is -2.21. The molecule has 0 spiro atoms. The van der Waals surface area contributed by atoms with Crippen molar-refractivity contribution in [2.75, 3.05) is 5.32 Å². The Hall–Kier alpha value is -2.40. The number of rotatable bonds is 5. The van der Waals surface area contributed by atoms with Gasteiger partial charge in [-0.25, -0.2) is 4.85 Å². The summed E-state index contributed by atoms with van der Waals surface area (Å²) in [5, 5.41) is 22.0. The molecule has 1 heterocycles. The summed E-state index contributed by atoms with van der Waals surface area (Å²) in [6, 6.07) is 10.2. The van der Waals surface area contributed by atoms with Crippen molar-refractivity contribution < 1.29 is 9.52 Å². The molecule has 0 saturated heterocycles. The zero-order valence-corrected chi connectivity index (χ0v) is 16.9. The van der Waals surface area contributed by atoms with E-state index in [4.69, 9.17) is 22.6 Å². The molecule has 3 rings (SSSR count). The lowest BCUT2D eigenvalue weighted by Crippen LogP contribution is -2.23. The first-order chi connectivity index (χ1) is 12.9. The first-order valence-corrected chi connectivity index (χ1v) is 9.28. The van der Waals surface area contributed by atoms with Crippen LogP contribution in [0.4, 0.5) is 11.4 Å². The van der Waals surface area contributed by atoms with E-state index in [1.54, 1.807) is 26.0 Å². The molecule has 0 amide bonds. The van der Waals surface area contributed by atoms with Gasteiger partial charge in [0.1, 0.15) is 6.04 Å². The lowest BCUT2D eigenvalue weighted by molar-refractivity contribution is 0.159. The van der Waals surface area contributed by atoms with Gasteiger partial charge in [-0.3, -0.25) is 0 Å². The van der Waals surface area contributed by atoms with Crippen molar-refractivity contribution in [2.45, 2.75) is 26.0 Å². The number of hydrogen-bond donors (Lipinski definition) is 2. The maximum atomic E-state index is 10.2. The van der Waals surface area contributed by atoms with Crippen molar-refractivity contribution in [2.24, 2.45) is 0 Å². The minimum atomic E-state index is -0.804. The smallest absolute Gasteiger partial charge is 0.247 e. The van der Waals surface area contributed by atoms with Gasteiger partial charge < -0.3 is 14.8 Å². The molecule has 0 aliphatic rings. The van der Waals surface area contributed by atoms with Crippen LogP contribution in [0.3, 0.4) is 0 Å². The maximum Gasteiger partial charge on any atom is 0.247 e. The molecule has 1 aromatic heterocycles. The van der Waals surface area contributed by atoms with Gasteiger partial charge in [0, 0.05) is 15.7 Å². The highest BCUT2D eigenvalue weighted by atomic mass is 79.9. The Bertz CT molecular complexity index is 996. The van der Waals surface area contributed by atoms with Gasteiger partial charge in [-0.2, -0.15) is 0 Å². The first-order valence-electron chi connectivity index (χ1n) is 8.11. The monoisotopic (exact) mass is 446 g/mol. The summed E-state index contributed by atoms with van der Waals surface area (Å²) >= 11 is 9.62. The Morgan fingerprint density at radius 2 is 1.93 bits per heavy atom. The molecule has 2 atom stereocenters. The van der Waals surface area contributed by atoms with E-state index >= 15 is 0 Å². The molecule has 0 aliphatic heterocycles. The fourth-order valence-electron chi connectivity index (χ4n) is 2.54. The van der Waals surface area contributed by atoms with Gasteiger partial charge >= 0.3 is 0 Å². The molecule has 2 aromatic carbocycles. The van der Waals surface area contributed by atoms with E-state index < -0.39 is 12.1 Å². The molecule has 0 unspecified atom stereocenters. The second-order valence-electron chi connectivity index (χ2n) is 6.00. The van der Waals surface area contributed by atoms with Gasteiger partial charge in [0.05, 0.1) is 17.7 Å². The van der Waals surface area contributed by atoms with Gasteiger partial charge in [0.2, 0.25) is 17.5 Å². The number of benzene rings is 2. The van der Waals surface area contributed by atoms with E-state index in [0.717, 1.165) is 10.0 Å². The zero-order valence-electron chi connectivity index (χ0n) is 14.6. The fraction of sp³-hybridized carbons (Fsp3) is 0.211. The molecule has 27 heavy (non-hydrogen) atoms. The number of nitrogens with one attached hydrogen (secondary N) is 1. The second-order valence-corrected chi connectivity index (χ2v) is 7.29. The number of hydrogen-bond acceptors (Lipinski definition) is 5. The molecule has 0 radical (unpaired) electrons. The Kier molecular flexibility index (Phi) is 5.80. The molecule has 2 N–H and O–H groups in total. The van der Waals surface area contributed by atoms with Gasteiger partial charge in [-0.1, -0.05) is 33.6 Å². The van der Waals surface area contributed by atoms with Gasteiger partial charge in [-0.15, -0.1) is 10.2 Å². The van der Waals surface area contributed by atoms with E-state index in [1.165, 1.54) is 0 Å². The van der Waals surface area contributed by atoms with Crippen LogP contribution in [0.2, 0.25) is 5.02 Å². The van der Waals surface area contributed by atoms with Crippen molar-refractivity contribution in [3.05, 3.63) is 68.8 Å². The van der Waals surface area contributed by atoms with Gasteiger partial charge in [0.15, 0.2) is 0 Å². The second kappa shape index (κ2) is 8.09. The summed E-state index contributed by atoms with van der Waals surface area (Å²) in [5.41, 5.74) is 2.55. The Balaban J connectivity index is 1.90. The molecule has 0 aliphatic carbocycles. The number of aliphatic hydroxyl groups excluding tert-OH is 1. The zero-order chi connectivity index (χ0) is 19.6. The molecule has 138 valence electrons. The summed E-state index contributed by atoms with van der Waals surface area (Å²) in [4.78, 5) is 3.38. The molecular formula is C19H16BrClN4O2. The van der Waals surface area contributed by atoms with Crippen LogP contribution in [0.5, 0.6) is 0 Å². The predicted octanol–water partition coefficient (Wildman–Crippen LogP) is 5.55. The first kappa shape index (κ1) is 19.4. The van der Waals surface area contributed by atoms with E-state index in [9.17, 15) is 5.11 Å². The quantitative estimate of drug-likeness (QED) is 0.502. The van der Waals surface area contributed by atoms with Crippen molar-refractivity contribution >= 4 is 38.9 Å². The largest absolute Gasteiger partial charge is 0.418 e. The average Bonchev–Trinajstić information content (AvgIpc) is 3.13. The van der Waals surface area contributed by atoms with Crippen LogP contribution in [-0.2, 0) is 0 Å². The van der Waals surface area contributed by atoms with Crippen LogP contribution < -0.4 is 5.32 Å². The van der Waals surface area contributed by atoms with Crippen LogP contribution in [0, 0.1) is 13.5 Å². The summed E-state index contributed by atoms with van der Waals surface area (Å²) in [6.07, 6.45) is -0.804. The summed E-state index contributed by atoms with van der Waals surface area (Å²) < 4.78 is 6.73. The normalized spacial score (nSPS) is 13.0. The van der Waals surface area contributed by atoms with E-state index in [0.29, 0.717) is 27.9 Å². The Morgan fingerprint density at radius 1 is 1.22 bits per heavy atom. The number of anilines is 1. The highest BCUT2D eigenvalue weighted by molar-refractivity contribution is 9.10. The number of halogens is 2. The van der Waals surface area contributed by atoms with Crippen molar-refractivity contribution in [3.8, 4) is 11.5 Å². The lowest BCUT2D eigenvalue weighted by atomic mass is 10.1. The van der Waals surface area contributed by atoms with Crippen LogP contribution in [0.25, 0.3) is 16.3 Å². The molecule has 0 saturated carbocycles. The fourth-order valence-corrected chi connectivity index (χ4v) is 3.01. The van der Waals surface area contributed by atoms with Crippen LogP contribution in [-0.4, -0.2) is 21.4 Å². The predicted molar refractivity (Wildman–Crippen MR) is 108 cm³/mol. The molecule has 6 nitrogen and oxygen atoms in total. The maximum absolute atomic E-state index is 10.2. The Morgan fingerprint density at radius 3 is 2.56 bits per heavy atom. The summed E-state index contributed by atoms with van der Waals surface area (Å²) in [7, 11) is 0. The highest BCUT2D eigenvalue weighted by Gasteiger charge is 2.25. The third kappa shape index (κ3) is 4.14. The average molecular weight is 448 g/mol. The SMILES string of the molecule is [C-]#[N+]c1ccc(N[C@@H](c2nnc(-c3ccc(Br)cc3)o2)[C@H](C)O)c(C)c1Cl. The standard InChI is InChI=1S/C19H16BrClN4O2/c1-10-14(8-9-15(22-3)16(10)21)23-17(11(2)26)19-25-24-18(27-19)12-4-6-13(20)7-5-12/h4-9,11,17,23,26H,1-2H3/t11-,17+/m0/s1. The van der Waals surface area contributed by atoms with Crippen molar-refractivity contribution in [1.82, 2.24) is 10.2 Å². The van der Waals surface area contributed by atoms with Crippen LogP contribution in [0.15, 0.2) is 45.3 Å². The summed E-state index contributed by atoms with van der Waals surface area (Å²) in [5.74, 6) is 0.621. The van der Waals surface area contributed by atoms with Crippen LogP contribution in [0.1, 0.15) is 24.4 Å². The minimum absolute atomic E-state index is 0.257. The number of aliphatic hydroxyl groups is 1. The van der Waals surface area contributed by atoms with Gasteiger partial charge in [-0.05, 0) is 49.7 Å². The topological polar surface area (TPSA) is 75.5 Å². The van der Waals surface area contributed by atoms with E-state index in [1.807, 2.05) is 24.3 Å². The third-order valence-corrected chi connectivity index (χ3v) is 5.08. The van der Waals surface area contributed by atoms with E-state index in [2.05, 4.69) is 36.3 Å². The van der Waals surface area contributed by atoms with Crippen LogP contribution >= 0.6 is 27.5 Å². The number of aromatic nitrogens is 2. The molecule has 0 bridgehead atoms.